The van der Waals surface area contributed by atoms with Gasteiger partial charge in [-0.1, -0.05) is 12.8 Å². The molecule has 1 atom stereocenters. The summed E-state index contributed by atoms with van der Waals surface area (Å²) in [4.78, 5) is 5.99. The number of thiazole rings is 1. The van der Waals surface area contributed by atoms with Crippen molar-refractivity contribution in [1.82, 2.24) is 10.3 Å². The highest BCUT2D eigenvalue weighted by Crippen LogP contribution is 2.37. The number of likely N-dealkylation sites (N-methyl/N-ethyl adjacent to an activating group) is 1. The van der Waals surface area contributed by atoms with Crippen LogP contribution in [0, 0.1) is 13.8 Å². The van der Waals surface area contributed by atoms with Crippen LogP contribution in [0.3, 0.4) is 0 Å². The molecule has 1 aliphatic carbocycles. The van der Waals surface area contributed by atoms with E-state index < -0.39 is 0 Å². The summed E-state index contributed by atoms with van der Waals surface area (Å²) in [5.41, 5.74) is 1.19. The summed E-state index contributed by atoms with van der Waals surface area (Å²) in [6.45, 7) is 4.23. The van der Waals surface area contributed by atoms with Crippen molar-refractivity contribution in [2.45, 2.75) is 57.6 Å². The highest BCUT2D eigenvalue weighted by Gasteiger charge is 2.41. The lowest BCUT2D eigenvalue weighted by Gasteiger charge is -2.36. The smallest absolute Gasteiger partial charge is 0.0947 e. The van der Waals surface area contributed by atoms with Gasteiger partial charge >= 0.3 is 0 Å². The molecule has 18 heavy (non-hydrogen) atoms. The third-order valence-electron chi connectivity index (χ3n) is 4.29. The van der Waals surface area contributed by atoms with E-state index in [1.54, 1.807) is 0 Å². The Bertz CT molecular complexity index is 377. The van der Waals surface area contributed by atoms with E-state index in [-0.39, 0.29) is 5.60 Å². The summed E-state index contributed by atoms with van der Waals surface area (Å²) in [5, 5.41) is 4.68. The minimum atomic E-state index is 0.0161. The van der Waals surface area contributed by atoms with E-state index in [4.69, 9.17) is 4.74 Å². The summed E-state index contributed by atoms with van der Waals surface area (Å²) in [6, 6.07) is 0.370. The minimum Gasteiger partial charge on any atom is -0.377 e. The van der Waals surface area contributed by atoms with Gasteiger partial charge in [-0.3, -0.25) is 0 Å². The van der Waals surface area contributed by atoms with Crippen LogP contribution in [-0.4, -0.2) is 30.8 Å². The molecule has 1 aromatic rings. The van der Waals surface area contributed by atoms with Crippen molar-refractivity contribution >= 4 is 11.3 Å². The van der Waals surface area contributed by atoms with Crippen LogP contribution in [0.1, 0.15) is 41.3 Å². The van der Waals surface area contributed by atoms with Crippen LogP contribution in [-0.2, 0) is 11.2 Å². The maximum absolute atomic E-state index is 5.88. The molecule has 0 spiro atoms. The van der Waals surface area contributed by atoms with Crippen molar-refractivity contribution in [2.24, 2.45) is 0 Å². The van der Waals surface area contributed by atoms with Crippen LogP contribution in [0.2, 0.25) is 0 Å². The minimum absolute atomic E-state index is 0.0161. The number of hydrogen-bond donors (Lipinski definition) is 1. The van der Waals surface area contributed by atoms with Crippen LogP contribution >= 0.6 is 11.3 Å². The van der Waals surface area contributed by atoms with Crippen LogP contribution in [0.15, 0.2) is 0 Å². The van der Waals surface area contributed by atoms with Gasteiger partial charge < -0.3 is 10.1 Å². The van der Waals surface area contributed by atoms with Gasteiger partial charge in [0.25, 0.3) is 0 Å². The van der Waals surface area contributed by atoms with Crippen LogP contribution in [0.5, 0.6) is 0 Å². The zero-order chi connectivity index (χ0) is 13.2. The third kappa shape index (κ3) is 2.60. The molecule has 1 unspecified atom stereocenters. The molecule has 1 aromatic heterocycles. The molecule has 0 aromatic carbocycles. The van der Waals surface area contributed by atoms with Gasteiger partial charge in [-0.2, -0.15) is 0 Å². The Hall–Kier alpha value is -0.450. The van der Waals surface area contributed by atoms with Crippen molar-refractivity contribution in [1.29, 1.82) is 0 Å². The van der Waals surface area contributed by atoms with E-state index in [2.05, 4.69) is 24.1 Å². The Morgan fingerprint density at radius 2 is 2.06 bits per heavy atom. The molecule has 0 aliphatic heterocycles. The number of aromatic nitrogens is 1. The molecular formula is C14H24N2OS. The number of nitrogens with zero attached hydrogens (tertiary/aromatic N) is 1. The topological polar surface area (TPSA) is 34.2 Å². The van der Waals surface area contributed by atoms with Gasteiger partial charge in [-0.25, -0.2) is 4.98 Å². The maximum atomic E-state index is 5.88. The number of methoxy groups -OCH3 is 1. The highest BCUT2D eigenvalue weighted by atomic mass is 32.1. The first-order valence-corrected chi connectivity index (χ1v) is 7.58. The molecule has 0 bridgehead atoms. The second-order valence-electron chi connectivity index (χ2n) is 5.27. The van der Waals surface area contributed by atoms with Crippen molar-refractivity contribution in [3.8, 4) is 0 Å². The van der Waals surface area contributed by atoms with Crippen LogP contribution in [0.25, 0.3) is 0 Å². The van der Waals surface area contributed by atoms with Crippen molar-refractivity contribution in [3.63, 3.8) is 0 Å². The molecule has 4 heteroatoms. The summed E-state index contributed by atoms with van der Waals surface area (Å²) >= 11 is 1.82. The molecule has 1 aliphatic rings. The first-order valence-electron chi connectivity index (χ1n) is 6.76. The second kappa shape index (κ2) is 5.68. The Labute approximate surface area is 114 Å². The fourth-order valence-corrected chi connectivity index (χ4v) is 4.00. The lowest BCUT2D eigenvalue weighted by atomic mass is 9.90. The Morgan fingerprint density at radius 3 is 2.50 bits per heavy atom. The fourth-order valence-electron chi connectivity index (χ4n) is 3.02. The fraction of sp³-hybridized carbons (Fsp3) is 0.786. The SMILES string of the molecule is CNC(Cc1nc(C)c(C)s1)C1(OC)CCCC1. The number of ether oxygens (including phenoxy) is 1. The average molecular weight is 268 g/mol. The molecule has 0 amide bonds. The average Bonchev–Trinajstić information content (AvgIpc) is 2.95. The summed E-state index contributed by atoms with van der Waals surface area (Å²) in [5.74, 6) is 0. The van der Waals surface area contributed by atoms with Gasteiger partial charge in [0.15, 0.2) is 0 Å². The molecule has 1 fully saturated rings. The van der Waals surface area contributed by atoms with E-state index in [1.165, 1.54) is 41.3 Å². The molecule has 3 nitrogen and oxygen atoms in total. The number of hydrogen-bond acceptors (Lipinski definition) is 4. The molecular weight excluding hydrogens is 244 g/mol. The van der Waals surface area contributed by atoms with Crippen LogP contribution < -0.4 is 5.32 Å². The first-order chi connectivity index (χ1) is 8.61. The lowest BCUT2D eigenvalue weighted by Crippen LogP contribution is -2.50. The molecule has 0 radical (unpaired) electrons. The molecule has 1 heterocycles. The van der Waals surface area contributed by atoms with Gasteiger partial charge in [0.05, 0.1) is 16.3 Å². The van der Waals surface area contributed by atoms with Gasteiger partial charge in [-0.15, -0.1) is 11.3 Å². The summed E-state index contributed by atoms with van der Waals surface area (Å²) < 4.78 is 5.88. The largest absolute Gasteiger partial charge is 0.377 e. The van der Waals surface area contributed by atoms with Gasteiger partial charge in [0, 0.05) is 24.4 Å². The second-order valence-corrected chi connectivity index (χ2v) is 6.56. The quantitative estimate of drug-likeness (QED) is 0.891. The van der Waals surface area contributed by atoms with Crippen molar-refractivity contribution < 1.29 is 4.74 Å². The molecule has 1 N–H and O–H groups in total. The Kier molecular flexibility index (Phi) is 4.41. The van der Waals surface area contributed by atoms with E-state index in [1.807, 2.05) is 25.5 Å². The third-order valence-corrected chi connectivity index (χ3v) is 5.39. The molecule has 1 saturated carbocycles. The van der Waals surface area contributed by atoms with E-state index >= 15 is 0 Å². The van der Waals surface area contributed by atoms with Gasteiger partial charge in [0.1, 0.15) is 0 Å². The summed E-state index contributed by atoms with van der Waals surface area (Å²) in [7, 11) is 3.89. The van der Waals surface area contributed by atoms with Crippen LogP contribution in [0.4, 0.5) is 0 Å². The van der Waals surface area contributed by atoms with E-state index in [0.717, 1.165) is 6.42 Å². The zero-order valence-corrected chi connectivity index (χ0v) is 12.7. The molecule has 102 valence electrons. The lowest BCUT2D eigenvalue weighted by molar-refractivity contribution is -0.0336. The number of nitrogens with one attached hydrogen (secondary N) is 1. The maximum Gasteiger partial charge on any atom is 0.0947 e. The van der Waals surface area contributed by atoms with E-state index in [0.29, 0.717) is 6.04 Å². The number of aryl methyl sites for hydroxylation is 2. The highest BCUT2D eigenvalue weighted by molar-refractivity contribution is 7.11. The number of rotatable bonds is 5. The zero-order valence-electron chi connectivity index (χ0n) is 11.9. The van der Waals surface area contributed by atoms with Gasteiger partial charge in [-0.05, 0) is 33.7 Å². The standard InChI is InChI=1S/C14H24N2OS/c1-10-11(2)18-13(16-10)9-12(15-3)14(17-4)7-5-6-8-14/h12,15H,5-9H2,1-4H3. The normalized spacial score (nSPS) is 20.2. The van der Waals surface area contributed by atoms with Crippen molar-refractivity contribution in [2.75, 3.05) is 14.2 Å². The first kappa shape index (κ1) is 14.0. The molecule has 0 saturated heterocycles. The van der Waals surface area contributed by atoms with Crippen molar-refractivity contribution in [3.05, 3.63) is 15.6 Å². The van der Waals surface area contributed by atoms with E-state index in [9.17, 15) is 0 Å². The monoisotopic (exact) mass is 268 g/mol. The summed E-state index contributed by atoms with van der Waals surface area (Å²) in [6.07, 6.45) is 5.87. The Balaban J connectivity index is 2.13. The predicted molar refractivity (Wildman–Crippen MR) is 76.3 cm³/mol. The predicted octanol–water partition coefficient (Wildman–Crippen LogP) is 2.85. The Morgan fingerprint density at radius 1 is 1.39 bits per heavy atom. The van der Waals surface area contributed by atoms with Gasteiger partial charge in [0.2, 0.25) is 0 Å². The molecule has 2 rings (SSSR count).